The normalized spacial score (nSPS) is 17.3. The van der Waals surface area contributed by atoms with Crippen LogP contribution in [0.5, 0.6) is 0 Å². The summed E-state index contributed by atoms with van der Waals surface area (Å²) in [4.78, 5) is 41.8. The minimum absolute atomic E-state index is 0.137. The van der Waals surface area contributed by atoms with Gasteiger partial charge in [-0.25, -0.2) is 9.18 Å². The molecule has 0 bridgehead atoms. The van der Waals surface area contributed by atoms with Crippen molar-refractivity contribution in [2.45, 2.75) is 65.6 Å². The molecule has 8 heteroatoms. The fraction of sp³-hybridized carbons (Fsp3) is 0.609. The quantitative estimate of drug-likeness (QED) is 0.786. The highest BCUT2D eigenvalue weighted by molar-refractivity contribution is 5.95. The van der Waals surface area contributed by atoms with Crippen LogP contribution in [0.15, 0.2) is 24.3 Å². The number of amides is 3. The zero-order valence-electron chi connectivity index (χ0n) is 19.5. The number of nitrogens with one attached hydrogen (secondary N) is 1. The molecule has 7 nitrogen and oxygen atoms in total. The zero-order valence-corrected chi connectivity index (χ0v) is 19.5. The lowest BCUT2D eigenvalue weighted by atomic mass is 9.95. The second-order valence-corrected chi connectivity index (χ2v) is 9.90. The maximum absolute atomic E-state index is 13.2. The highest BCUT2D eigenvalue weighted by Crippen LogP contribution is 2.25. The van der Waals surface area contributed by atoms with Gasteiger partial charge in [-0.05, 0) is 64.8 Å². The third-order valence-electron chi connectivity index (χ3n) is 5.15. The number of carbonyl (C=O) groups is 3. The van der Waals surface area contributed by atoms with Crippen molar-refractivity contribution in [2.24, 2.45) is 5.92 Å². The lowest BCUT2D eigenvalue weighted by Crippen LogP contribution is -2.64. The van der Waals surface area contributed by atoms with Gasteiger partial charge in [0.15, 0.2) is 0 Å². The minimum atomic E-state index is -0.731. The average Bonchev–Trinajstić information content (AvgIpc) is 2.63. The molecule has 0 aliphatic carbocycles. The van der Waals surface area contributed by atoms with E-state index >= 15 is 0 Å². The smallest absolute Gasteiger partial charge is 0.408 e. The summed E-state index contributed by atoms with van der Waals surface area (Å²) in [6.45, 7) is 13.8. The van der Waals surface area contributed by atoms with Gasteiger partial charge in [0, 0.05) is 25.2 Å². The first-order chi connectivity index (χ1) is 14.2. The second-order valence-electron chi connectivity index (χ2n) is 9.90. The second kappa shape index (κ2) is 9.24. The first-order valence-electron chi connectivity index (χ1n) is 10.6. The molecule has 0 aromatic heterocycles. The van der Waals surface area contributed by atoms with Crippen LogP contribution in [0.1, 0.15) is 58.8 Å². The Morgan fingerprint density at radius 1 is 1.10 bits per heavy atom. The Hall–Kier alpha value is -2.64. The molecule has 2 rings (SSSR count). The molecule has 1 aliphatic heterocycles. The lowest BCUT2D eigenvalue weighted by Gasteiger charge is -2.48. The molecule has 0 saturated carbocycles. The largest absolute Gasteiger partial charge is 0.444 e. The van der Waals surface area contributed by atoms with Crippen LogP contribution in [0.3, 0.4) is 0 Å². The number of ether oxygens (including phenoxy) is 1. The summed E-state index contributed by atoms with van der Waals surface area (Å²) in [5.41, 5.74) is -0.892. The number of hydrogen-bond donors (Lipinski definition) is 1. The van der Waals surface area contributed by atoms with Gasteiger partial charge in [-0.2, -0.15) is 0 Å². The van der Waals surface area contributed by atoms with E-state index < -0.39 is 29.1 Å². The summed E-state index contributed by atoms with van der Waals surface area (Å²) in [5.74, 6) is -0.947. The van der Waals surface area contributed by atoms with Gasteiger partial charge in [0.25, 0.3) is 5.91 Å². The van der Waals surface area contributed by atoms with Gasteiger partial charge < -0.3 is 19.9 Å². The fourth-order valence-corrected chi connectivity index (χ4v) is 3.61. The molecule has 0 unspecified atom stereocenters. The zero-order chi connectivity index (χ0) is 23.6. The van der Waals surface area contributed by atoms with Gasteiger partial charge >= 0.3 is 6.09 Å². The van der Waals surface area contributed by atoms with Crippen LogP contribution in [-0.4, -0.2) is 64.5 Å². The van der Waals surface area contributed by atoms with Crippen LogP contribution in [-0.2, 0) is 9.53 Å². The van der Waals surface area contributed by atoms with Gasteiger partial charge in [0.2, 0.25) is 5.91 Å². The van der Waals surface area contributed by atoms with E-state index in [2.05, 4.69) is 5.32 Å². The summed E-state index contributed by atoms with van der Waals surface area (Å²) >= 11 is 0. The standard InChI is InChI=1S/C23H34FN3O4/c1-15(2)18(25-21(30)31-22(3,4)5)20(29)26-12-13-27(23(6,7)14-26)19(28)16-8-10-17(24)11-9-16/h8-11,15,18H,12-14H2,1-7H3,(H,25,30)/t18-/m0/s1. The highest BCUT2D eigenvalue weighted by atomic mass is 19.1. The Bertz CT molecular complexity index is 815. The molecule has 1 atom stereocenters. The van der Waals surface area contributed by atoms with E-state index in [0.717, 1.165) is 0 Å². The SMILES string of the molecule is CC(C)[C@H](NC(=O)OC(C)(C)C)C(=O)N1CCN(C(=O)c2ccc(F)cc2)C(C)(C)C1. The van der Waals surface area contributed by atoms with E-state index in [1.165, 1.54) is 24.3 Å². The van der Waals surface area contributed by atoms with Crippen molar-refractivity contribution in [1.29, 1.82) is 0 Å². The van der Waals surface area contributed by atoms with Gasteiger partial charge in [-0.15, -0.1) is 0 Å². The Morgan fingerprint density at radius 2 is 1.68 bits per heavy atom. The van der Waals surface area contributed by atoms with Crippen molar-refractivity contribution < 1.29 is 23.5 Å². The van der Waals surface area contributed by atoms with E-state index in [1.807, 2.05) is 27.7 Å². The summed E-state index contributed by atoms with van der Waals surface area (Å²) in [6, 6.07) is 4.71. The number of rotatable bonds is 4. The third kappa shape index (κ3) is 6.42. The van der Waals surface area contributed by atoms with Gasteiger partial charge in [-0.1, -0.05) is 13.8 Å². The maximum Gasteiger partial charge on any atom is 0.408 e. The molecular weight excluding hydrogens is 401 g/mol. The lowest BCUT2D eigenvalue weighted by molar-refractivity contribution is -0.138. The van der Waals surface area contributed by atoms with Crippen molar-refractivity contribution >= 4 is 17.9 Å². The van der Waals surface area contributed by atoms with Crippen molar-refractivity contribution in [3.8, 4) is 0 Å². The van der Waals surface area contributed by atoms with E-state index in [0.29, 0.717) is 25.2 Å². The topological polar surface area (TPSA) is 79.0 Å². The molecule has 0 radical (unpaired) electrons. The Morgan fingerprint density at radius 3 is 2.16 bits per heavy atom. The Balaban J connectivity index is 2.11. The number of benzene rings is 1. The van der Waals surface area contributed by atoms with Crippen LogP contribution >= 0.6 is 0 Å². The van der Waals surface area contributed by atoms with Crippen molar-refractivity contribution in [1.82, 2.24) is 15.1 Å². The molecule has 1 fully saturated rings. The number of piperazine rings is 1. The molecule has 3 amide bonds. The molecule has 31 heavy (non-hydrogen) atoms. The molecule has 1 N–H and O–H groups in total. The first-order valence-corrected chi connectivity index (χ1v) is 10.6. The number of nitrogens with zero attached hydrogens (tertiary/aromatic N) is 2. The van der Waals surface area contributed by atoms with Crippen LogP contribution in [0.2, 0.25) is 0 Å². The maximum atomic E-state index is 13.2. The van der Waals surface area contributed by atoms with Crippen LogP contribution in [0.4, 0.5) is 9.18 Å². The first kappa shape index (κ1) is 24.6. The van der Waals surface area contributed by atoms with Gasteiger partial charge in [-0.3, -0.25) is 9.59 Å². The van der Waals surface area contributed by atoms with Gasteiger partial charge in [0.1, 0.15) is 17.5 Å². The third-order valence-corrected chi connectivity index (χ3v) is 5.15. The van der Waals surface area contributed by atoms with Crippen molar-refractivity contribution in [3.05, 3.63) is 35.6 Å². The summed E-state index contributed by atoms with van der Waals surface area (Å²) in [6.07, 6.45) is -0.635. The molecule has 1 saturated heterocycles. The van der Waals surface area contributed by atoms with Crippen molar-refractivity contribution in [3.63, 3.8) is 0 Å². The molecule has 1 aliphatic rings. The summed E-state index contributed by atoms with van der Waals surface area (Å²) in [7, 11) is 0. The monoisotopic (exact) mass is 435 g/mol. The van der Waals surface area contributed by atoms with Gasteiger partial charge in [0.05, 0.1) is 5.54 Å². The van der Waals surface area contributed by atoms with E-state index in [9.17, 15) is 18.8 Å². The minimum Gasteiger partial charge on any atom is -0.444 e. The molecule has 1 aromatic rings. The molecular formula is C23H34FN3O4. The van der Waals surface area contributed by atoms with Crippen LogP contribution in [0.25, 0.3) is 0 Å². The number of halogens is 1. The van der Waals surface area contributed by atoms with E-state index in [4.69, 9.17) is 4.74 Å². The molecule has 1 aromatic carbocycles. The van der Waals surface area contributed by atoms with E-state index in [-0.39, 0.29) is 17.7 Å². The van der Waals surface area contributed by atoms with Crippen LogP contribution < -0.4 is 5.32 Å². The fourth-order valence-electron chi connectivity index (χ4n) is 3.61. The average molecular weight is 436 g/mol. The number of hydrogen-bond acceptors (Lipinski definition) is 4. The highest BCUT2D eigenvalue weighted by Gasteiger charge is 2.41. The predicted octanol–water partition coefficient (Wildman–Crippen LogP) is 3.44. The summed E-state index contributed by atoms with van der Waals surface area (Å²) in [5, 5.41) is 2.69. The Labute approximate surface area is 183 Å². The molecule has 1 heterocycles. The van der Waals surface area contributed by atoms with Crippen LogP contribution in [0, 0.1) is 11.7 Å². The molecule has 0 spiro atoms. The Kier molecular flexibility index (Phi) is 7.34. The summed E-state index contributed by atoms with van der Waals surface area (Å²) < 4.78 is 18.5. The van der Waals surface area contributed by atoms with Crippen molar-refractivity contribution in [2.75, 3.05) is 19.6 Å². The molecule has 172 valence electrons. The number of carbonyl (C=O) groups excluding carboxylic acids is 3. The van der Waals surface area contributed by atoms with E-state index in [1.54, 1.807) is 30.6 Å². The predicted molar refractivity (Wildman–Crippen MR) is 116 cm³/mol. The number of alkyl carbamates (subject to hydrolysis) is 1.